The molecule has 0 saturated carbocycles. The van der Waals surface area contributed by atoms with Gasteiger partial charge in [-0.1, -0.05) is 30.3 Å². The first-order valence-electron chi connectivity index (χ1n) is 10.2. The van der Waals surface area contributed by atoms with E-state index in [9.17, 15) is 13.2 Å². The van der Waals surface area contributed by atoms with Gasteiger partial charge in [-0.05, 0) is 23.8 Å². The van der Waals surface area contributed by atoms with Gasteiger partial charge in [0.1, 0.15) is 4.90 Å². The molecule has 0 N–H and O–H groups in total. The minimum atomic E-state index is -3.72. The second-order valence-electron chi connectivity index (χ2n) is 7.72. The highest BCUT2D eigenvalue weighted by Crippen LogP contribution is 2.27. The number of hydrogen-bond donors (Lipinski definition) is 0. The molecule has 164 valence electrons. The average Bonchev–Trinajstić information content (AvgIpc) is 3.06. The zero-order chi connectivity index (χ0) is 22.0. The van der Waals surface area contributed by atoms with Crippen molar-refractivity contribution >= 4 is 27.5 Å². The number of carbonyl (C=O) groups is 1. The molecule has 0 radical (unpaired) electrons. The van der Waals surface area contributed by atoms with Gasteiger partial charge in [-0.25, -0.2) is 0 Å². The molecular weight excluding hydrogens is 416 g/mol. The average molecular weight is 443 g/mol. The molecule has 4 rings (SSSR count). The summed E-state index contributed by atoms with van der Waals surface area (Å²) < 4.78 is 33.9. The van der Waals surface area contributed by atoms with Crippen LogP contribution in [0.3, 0.4) is 0 Å². The number of anilines is 1. The quantitative estimate of drug-likeness (QED) is 0.699. The summed E-state index contributed by atoms with van der Waals surface area (Å²) in [5.41, 5.74) is 2.70. The lowest BCUT2D eigenvalue weighted by molar-refractivity contribution is -0.130. The summed E-state index contributed by atoms with van der Waals surface area (Å²) in [5, 5.41) is 0. The van der Waals surface area contributed by atoms with Crippen molar-refractivity contribution in [1.29, 1.82) is 0 Å². The summed E-state index contributed by atoms with van der Waals surface area (Å²) in [6.45, 7) is 3.53. The fourth-order valence-corrected chi connectivity index (χ4v) is 5.11. The molecule has 2 heterocycles. The van der Waals surface area contributed by atoms with Gasteiger partial charge >= 0.3 is 0 Å². The van der Waals surface area contributed by atoms with E-state index in [1.165, 1.54) is 6.07 Å². The van der Waals surface area contributed by atoms with Crippen molar-refractivity contribution in [3.8, 4) is 0 Å². The van der Waals surface area contributed by atoms with E-state index in [0.717, 1.165) is 24.3 Å². The highest BCUT2D eigenvalue weighted by molar-refractivity contribution is 7.90. The Morgan fingerprint density at radius 2 is 1.74 bits per heavy atom. The largest absolute Gasteiger partial charge is 0.378 e. The van der Waals surface area contributed by atoms with Gasteiger partial charge in [0.15, 0.2) is 5.84 Å². The summed E-state index contributed by atoms with van der Waals surface area (Å²) in [7, 11) is -0.275. The van der Waals surface area contributed by atoms with Gasteiger partial charge < -0.3 is 19.4 Å². The molecular formula is C22H26N4O4S. The standard InChI is InChI=1S/C22H26N4O4S/c1-24(15-17-7-3-5-9-19(17)26-11-13-30-14-12-26)21(27)16-25(2)22-18-8-4-6-10-20(18)31(28,29)23-22/h3-10H,11-16H2,1-2H3. The number of fused-ring (bicyclic) bond motifs is 1. The number of nitrogens with zero attached hydrogens (tertiary/aromatic N) is 4. The first-order valence-corrected chi connectivity index (χ1v) is 11.6. The van der Waals surface area contributed by atoms with E-state index >= 15 is 0 Å². The van der Waals surface area contributed by atoms with Gasteiger partial charge in [-0.2, -0.15) is 8.42 Å². The van der Waals surface area contributed by atoms with Crippen LogP contribution in [-0.4, -0.2) is 76.9 Å². The van der Waals surface area contributed by atoms with Gasteiger partial charge in [0.25, 0.3) is 10.0 Å². The zero-order valence-electron chi connectivity index (χ0n) is 17.7. The lowest BCUT2D eigenvalue weighted by Gasteiger charge is -2.31. The van der Waals surface area contributed by atoms with Crippen LogP contribution in [0.5, 0.6) is 0 Å². The van der Waals surface area contributed by atoms with Crippen LogP contribution in [0.4, 0.5) is 5.69 Å². The maximum atomic E-state index is 12.9. The Bertz CT molecular complexity index is 1110. The van der Waals surface area contributed by atoms with Crippen LogP contribution in [0, 0.1) is 0 Å². The van der Waals surface area contributed by atoms with Crippen molar-refractivity contribution < 1.29 is 17.9 Å². The second kappa shape index (κ2) is 8.68. The summed E-state index contributed by atoms with van der Waals surface area (Å²) >= 11 is 0. The first-order chi connectivity index (χ1) is 14.9. The molecule has 8 nitrogen and oxygen atoms in total. The van der Waals surface area contributed by atoms with Crippen LogP contribution < -0.4 is 4.90 Å². The lowest BCUT2D eigenvalue weighted by atomic mass is 10.1. The Morgan fingerprint density at radius 3 is 2.52 bits per heavy atom. The highest BCUT2D eigenvalue weighted by Gasteiger charge is 2.31. The fraction of sp³-hybridized carbons (Fsp3) is 0.364. The van der Waals surface area contributed by atoms with E-state index in [0.29, 0.717) is 31.2 Å². The molecule has 9 heteroatoms. The number of morpholine rings is 1. The minimum Gasteiger partial charge on any atom is -0.378 e. The summed E-state index contributed by atoms with van der Waals surface area (Å²) in [6.07, 6.45) is 0. The molecule has 0 unspecified atom stereocenters. The molecule has 0 aromatic heterocycles. The highest BCUT2D eigenvalue weighted by atomic mass is 32.2. The number of benzene rings is 2. The van der Waals surface area contributed by atoms with Crippen LogP contribution in [0.25, 0.3) is 0 Å². The van der Waals surface area contributed by atoms with Crippen molar-refractivity contribution in [3.05, 3.63) is 59.7 Å². The molecule has 0 spiro atoms. The van der Waals surface area contributed by atoms with Crippen molar-refractivity contribution in [3.63, 3.8) is 0 Å². The van der Waals surface area contributed by atoms with Gasteiger partial charge in [0, 0.05) is 45.0 Å². The Morgan fingerprint density at radius 1 is 1.06 bits per heavy atom. The number of para-hydroxylation sites is 1. The molecule has 31 heavy (non-hydrogen) atoms. The molecule has 1 saturated heterocycles. The molecule has 2 aromatic rings. The first kappa shape index (κ1) is 21.3. The molecule has 0 bridgehead atoms. The Labute approximate surface area is 182 Å². The zero-order valence-corrected chi connectivity index (χ0v) is 18.5. The van der Waals surface area contributed by atoms with Crippen LogP contribution in [0.2, 0.25) is 0 Å². The van der Waals surface area contributed by atoms with Crippen molar-refractivity contribution in [2.75, 3.05) is 51.8 Å². The van der Waals surface area contributed by atoms with Gasteiger partial charge in [-0.3, -0.25) is 4.79 Å². The number of rotatable bonds is 5. The van der Waals surface area contributed by atoms with Gasteiger partial charge in [-0.15, -0.1) is 4.40 Å². The molecule has 2 aliphatic rings. The number of likely N-dealkylation sites (N-methyl/N-ethyl adjacent to an activating group) is 2. The SMILES string of the molecule is CN(Cc1ccccc1N1CCOCC1)C(=O)CN(C)C1=NS(=O)(=O)c2ccccc21. The van der Waals surface area contributed by atoms with Crippen molar-refractivity contribution in [1.82, 2.24) is 9.80 Å². The monoisotopic (exact) mass is 442 g/mol. The third-order valence-electron chi connectivity index (χ3n) is 5.52. The minimum absolute atomic E-state index is 0.0267. The van der Waals surface area contributed by atoms with Crippen LogP contribution in [0.15, 0.2) is 57.8 Å². The van der Waals surface area contributed by atoms with E-state index in [-0.39, 0.29) is 17.3 Å². The molecule has 2 aromatic carbocycles. The Balaban J connectivity index is 1.46. The summed E-state index contributed by atoms with van der Waals surface area (Å²) in [6, 6.07) is 14.7. The smallest absolute Gasteiger partial charge is 0.285 e. The maximum Gasteiger partial charge on any atom is 0.285 e. The van der Waals surface area contributed by atoms with Crippen LogP contribution in [0.1, 0.15) is 11.1 Å². The molecule has 2 aliphatic heterocycles. The second-order valence-corrected chi connectivity index (χ2v) is 9.29. The predicted molar refractivity (Wildman–Crippen MR) is 119 cm³/mol. The number of amidine groups is 1. The third-order valence-corrected chi connectivity index (χ3v) is 6.85. The van der Waals surface area contributed by atoms with E-state index in [4.69, 9.17) is 4.74 Å². The van der Waals surface area contributed by atoms with Gasteiger partial charge in [0.2, 0.25) is 5.91 Å². The van der Waals surface area contributed by atoms with Crippen molar-refractivity contribution in [2.45, 2.75) is 11.4 Å². The molecule has 0 aliphatic carbocycles. The molecule has 1 amide bonds. The maximum absolute atomic E-state index is 12.9. The Hall–Kier alpha value is -2.91. The predicted octanol–water partition coefficient (Wildman–Crippen LogP) is 1.56. The van der Waals surface area contributed by atoms with E-state index in [1.807, 2.05) is 18.2 Å². The molecule has 0 atom stereocenters. The number of carbonyl (C=O) groups excluding carboxylic acids is 1. The topological polar surface area (TPSA) is 82.5 Å². The van der Waals surface area contributed by atoms with Gasteiger partial charge in [0.05, 0.1) is 19.8 Å². The summed E-state index contributed by atoms with van der Waals surface area (Å²) in [4.78, 5) is 18.6. The van der Waals surface area contributed by atoms with Crippen LogP contribution >= 0.6 is 0 Å². The van der Waals surface area contributed by atoms with E-state index in [1.54, 1.807) is 42.1 Å². The fourth-order valence-electron chi connectivity index (χ4n) is 3.86. The lowest BCUT2D eigenvalue weighted by Crippen LogP contribution is -2.40. The number of ether oxygens (including phenoxy) is 1. The van der Waals surface area contributed by atoms with Crippen molar-refractivity contribution in [2.24, 2.45) is 4.40 Å². The van der Waals surface area contributed by atoms with E-state index in [2.05, 4.69) is 15.4 Å². The number of hydrogen-bond acceptors (Lipinski definition) is 6. The number of sulfonamides is 1. The summed E-state index contributed by atoms with van der Waals surface area (Å²) in [5.74, 6) is 0.176. The van der Waals surface area contributed by atoms with Crippen LogP contribution in [-0.2, 0) is 26.1 Å². The Kier molecular flexibility index (Phi) is 5.97. The van der Waals surface area contributed by atoms with E-state index < -0.39 is 10.0 Å². The number of amides is 1. The normalized spacial score (nSPS) is 17.1. The third kappa shape index (κ3) is 4.42. The molecule has 1 fully saturated rings.